The Morgan fingerprint density at radius 3 is 2.62 bits per heavy atom. The van der Waals surface area contributed by atoms with Gasteiger partial charge in [0.05, 0.1) is 13.2 Å². The van der Waals surface area contributed by atoms with Crippen molar-refractivity contribution >= 4 is 5.91 Å². The average Bonchev–Trinajstić information content (AvgIpc) is 2.55. The fourth-order valence-electron chi connectivity index (χ4n) is 2.69. The van der Waals surface area contributed by atoms with Gasteiger partial charge in [-0.25, -0.2) is 0 Å². The molecule has 5 heteroatoms. The van der Waals surface area contributed by atoms with Gasteiger partial charge in [-0.15, -0.1) is 0 Å². The molecule has 1 amide bonds. The first-order valence-electron chi connectivity index (χ1n) is 7.49. The summed E-state index contributed by atoms with van der Waals surface area (Å²) < 4.78 is 16.4. The van der Waals surface area contributed by atoms with Crippen LogP contribution < -0.4 is 9.47 Å². The molecule has 0 aliphatic carbocycles. The Hall–Kier alpha value is -1.75. The van der Waals surface area contributed by atoms with E-state index in [0.29, 0.717) is 45.9 Å². The highest BCUT2D eigenvalue weighted by molar-refractivity contribution is 5.77. The number of hydrogen-bond donors (Lipinski definition) is 0. The van der Waals surface area contributed by atoms with Crippen molar-refractivity contribution in [2.45, 2.75) is 19.3 Å². The van der Waals surface area contributed by atoms with Crippen LogP contribution in [0.2, 0.25) is 0 Å². The van der Waals surface area contributed by atoms with Crippen LogP contribution in [0.15, 0.2) is 18.2 Å². The highest BCUT2D eigenvalue weighted by Gasteiger charge is 2.21. The molecule has 21 heavy (non-hydrogen) atoms. The van der Waals surface area contributed by atoms with Crippen LogP contribution in [-0.4, -0.2) is 50.3 Å². The van der Waals surface area contributed by atoms with Gasteiger partial charge in [-0.2, -0.15) is 0 Å². The van der Waals surface area contributed by atoms with Crippen molar-refractivity contribution in [1.82, 2.24) is 4.90 Å². The molecule has 2 aliphatic heterocycles. The lowest BCUT2D eigenvalue weighted by atomic mass is 9.96. The van der Waals surface area contributed by atoms with E-state index in [1.807, 2.05) is 23.1 Å². The highest BCUT2D eigenvalue weighted by Crippen LogP contribution is 2.34. The van der Waals surface area contributed by atoms with E-state index in [0.717, 1.165) is 17.1 Å². The molecular formula is C16H21NO4. The molecule has 0 saturated carbocycles. The van der Waals surface area contributed by atoms with Crippen LogP contribution in [0, 0.1) is 0 Å². The first kappa shape index (κ1) is 14.2. The fraction of sp³-hybridized carbons (Fsp3) is 0.562. The van der Waals surface area contributed by atoms with E-state index in [4.69, 9.17) is 14.2 Å². The van der Waals surface area contributed by atoms with Gasteiger partial charge >= 0.3 is 0 Å². The normalized spacial score (nSPS) is 19.2. The Kier molecular flexibility index (Phi) is 4.29. The minimum Gasteiger partial charge on any atom is -0.486 e. The second-order valence-electron chi connectivity index (χ2n) is 5.50. The minimum absolute atomic E-state index is 0.163. The topological polar surface area (TPSA) is 48.0 Å². The van der Waals surface area contributed by atoms with Gasteiger partial charge in [0.25, 0.3) is 0 Å². The van der Waals surface area contributed by atoms with E-state index in [2.05, 4.69) is 6.92 Å². The molecule has 1 aromatic carbocycles. The van der Waals surface area contributed by atoms with E-state index in [-0.39, 0.29) is 11.8 Å². The van der Waals surface area contributed by atoms with Crippen molar-refractivity contribution in [1.29, 1.82) is 0 Å². The number of benzene rings is 1. The van der Waals surface area contributed by atoms with Gasteiger partial charge in [0.2, 0.25) is 5.91 Å². The van der Waals surface area contributed by atoms with Crippen LogP contribution >= 0.6 is 0 Å². The van der Waals surface area contributed by atoms with Crippen LogP contribution in [0.25, 0.3) is 0 Å². The van der Waals surface area contributed by atoms with Crippen LogP contribution in [0.5, 0.6) is 11.5 Å². The molecule has 1 atom stereocenters. The Labute approximate surface area is 124 Å². The molecule has 2 heterocycles. The van der Waals surface area contributed by atoms with Crippen molar-refractivity contribution in [3.63, 3.8) is 0 Å². The molecule has 2 aliphatic rings. The van der Waals surface area contributed by atoms with Gasteiger partial charge < -0.3 is 19.1 Å². The highest BCUT2D eigenvalue weighted by atomic mass is 16.6. The quantitative estimate of drug-likeness (QED) is 0.852. The summed E-state index contributed by atoms with van der Waals surface area (Å²) in [6.45, 7) is 5.94. The smallest absolute Gasteiger partial charge is 0.223 e. The lowest BCUT2D eigenvalue weighted by Crippen LogP contribution is -2.41. The van der Waals surface area contributed by atoms with Gasteiger partial charge in [0.15, 0.2) is 11.5 Å². The third-order valence-electron chi connectivity index (χ3n) is 3.98. The standard InChI is InChI=1S/C16H21NO4/c1-12(10-16(18)17-4-6-19-7-5-17)13-2-3-14-15(11-13)21-9-8-20-14/h2-3,11-12H,4-10H2,1H3. The minimum atomic E-state index is 0.163. The first-order valence-corrected chi connectivity index (χ1v) is 7.49. The predicted molar refractivity (Wildman–Crippen MR) is 77.9 cm³/mol. The zero-order chi connectivity index (χ0) is 14.7. The summed E-state index contributed by atoms with van der Waals surface area (Å²) in [4.78, 5) is 14.2. The molecule has 5 nitrogen and oxygen atoms in total. The molecule has 1 saturated heterocycles. The Morgan fingerprint density at radius 1 is 1.14 bits per heavy atom. The molecule has 0 N–H and O–H groups in total. The zero-order valence-corrected chi connectivity index (χ0v) is 12.3. The maximum Gasteiger partial charge on any atom is 0.223 e. The van der Waals surface area contributed by atoms with Crippen molar-refractivity contribution < 1.29 is 19.0 Å². The van der Waals surface area contributed by atoms with Gasteiger partial charge in [-0.05, 0) is 23.6 Å². The maximum atomic E-state index is 12.3. The van der Waals surface area contributed by atoms with Crippen LogP contribution in [0.1, 0.15) is 24.8 Å². The summed E-state index contributed by atoms with van der Waals surface area (Å²) in [6, 6.07) is 5.94. The molecule has 1 aromatic rings. The summed E-state index contributed by atoms with van der Waals surface area (Å²) in [5.74, 6) is 1.93. The van der Waals surface area contributed by atoms with E-state index in [9.17, 15) is 4.79 Å². The Bertz CT molecular complexity index is 511. The molecule has 1 fully saturated rings. The van der Waals surface area contributed by atoms with Crippen LogP contribution in [0.4, 0.5) is 0 Å². The Morgan fingerprint density at radius 2 is 1.86 bits per heavy atom. The molecule has 114 valence electrons. The summed E-state index contributed by atoms with van der Waals surface area (Å²) in [7, 11) is 0. The molecule has 3 rings (SSSR count). The van der Waals surface area contributed by atoms with Gasteiger partial charge in [0, 0.05) is 19.5 Å². The lowest BCUT2D eigenvalue weighted by molar-refractivity contribution is -0.135. The SMILES string of the molecule is CC(CC(=O)N1CCOCC1)c1ccc2c(c1)OCCO2. The Balaban J connectivity index is 1.64. The van der Waals surface area contributed by atoms with E-state index in [1.54, 1.807) is 0 Å². The van der Waals surface area contributed by atoms with Crippen molar-refractivity contribution in [2.24, 2.45) is 0 Å². The van der Waals surface area contributed by atoms with E-state index >= 15 is 0 Å². The molecule has 0 spiro atoms. The number of carbonyl (C=O) groups excluding carboxylic acids is 1. The summed E-state index contributed by atoms with van der Waals surface area (Å²) in [5.41, 5.74) is 1.11. The predicted octanol–water partition coefficient (Wildman–Crippen LogP) is 1.81. The second-order valence-corrected chi connectivity index (χ2v) is 5.50. The first-order chi connectivity index (χ1) is 10.2. The fourth-order valence-corrected chi connectivity index (χ4v) is 2.69. The number of carbonyl (C=O) groups is 1. The third-order valence-corrected chi connectivity index (χ3v) is 3.98. The summed E-state index contributed by atoms with van der Waals surface area (Å²) >= 11 is 0. The van der Waals surface area contributed by atoms with Crippen molar-refractivity contribution in [2.75, 3.05) is 39.5 Å². The zero-order valence-electron chi connectivity index (χ0n) is 12.3. The van der Waals surface area contributed by atoms with Crippen molar-refractivity contribution in [3.8, 4) is 11.5 Å². The van der Waals surface area contributed by atoms with E-state index < -0.39 is 0 Å². The summed E-state index contributed by atoms with van der Waals surface area (Å²) in [6.07, 6.45) is 0.514. The second kappa shape index (κ2) is 6.35. The molecular weight excluding hydrogens is 270 g/mol. The van der Waals surface area contributed by atoms with Gasteiger partial charge in [0.1, 0.15) is 13.2 Å². The van der Waals surface area contributed by atoms with Crippen LogP contribution in [0.3, 0.4) is 0 Å². The number of morpholine rings is 1. The van der Waals surface area contributed by atoms with Crippen molar-refractivity contribution in [3.05, 3.63) is 23.8 Å². The monoisotopic (exact) mass is 291 g/mol. The number of hydrogen-bond acceptors (Lipinski definition) is 4. The number of amides is 1. The number of ether oxygens (including phenoxy) is 3. The maximum absolute atomic E-state index is 12.3. The molecule has 1 unspecified atom stereocenters. The average molecular weight is 291 g/mol. The largest absolute Gasteiger partial charge is 0.486 e. The van der Waals surface area contributed by atoms with Crippen LogP contribution in [-0.2, 0) is 9.53 Å². The third kappa shape index (κ3) is 3.29. The van der Waals surface area contributed by atoms with Gasteiger partial charge in [-0.1, -0.05) is 13.0 Å². The molecule has 0 radical (unpaired) electrons. The van der Waals surface area contributed by atoms with Gasteiger partial charge in [-0.3, -0.25) is 4.79 Å². The lowest BCUT2D eigenvalue weighted by Gasteiger charge is -2.28. The van der Waals surface area contributed by atoms with E-state index in [1.165, 1.54) is 0 Å². The number of fused-ring (bicyclic) bond motifs is 1. The molecule has 0 bridgehead atoms. The molecule has 0 aromatic heterocycles. The number of rotatable bonds is 3. The number of nitrogens with zero attached hydrogens (tertiary/aromatic N) is 1. The summed E-state index contributed by atoms with van der Waals surface area (Å²) in [5, 5.41) is 0.